The maximum Gasteiger partial charge on any atom is 0 e. The summed E-state index contributed by atoms with van der Waals surface area (Å²) in [6.45, 7) is 2.20. The first-order valence-electron chi connectivity index (χ1n) is 3.19. The van der Waals surface area contributed by atoms with Crippen LogP contribution >= 0.6 is 0 Å². The van der Waals surface area contributed by atoms with Crippen LogP contribution in [0.3, 0.4) is 0 Å². The third-order valence-corrected chi connectivity index (χ3v) is 1.29. The number of halogens is 2. The molecule has 0 bridgehead atoms. The maximum absolute atomic E-state index is 3.26. The van der Waals surface area contributed by atoms with Crippen LogP contribution in [-0.4, -0.2) is 0 Å². The molecule has 1 aliphatic carbocycles. The zero-order valence-corrected chi connectivity index (χ0v) is 13.3. The molecule has 0 aromatic heterocycles. The molecule has 0 atom stereocenters. The second kappa shape index (κ2) is 11.3. The molecule has 3 heteroatoms. The molecule has 0 unspecified atom stereocenters. The second-order valence-electron chi connectivity index (χ2n) is 2.06. The first-order valence-corrected chi connectivity index (χ1v) is 3.19. The molecule has 0 saturated carbocycles. The molecule has 0 aromatic carbocycles. The van der Waals surface area contributed by atoms with Gasteiger partial charge in [-0.15, -0.1) is 6.42 Å². The minimum Gasteiger partial charge on any atom is -1.00 e. The third-order valence-electron chi connectivity index (χ3n) is 1.29. The van der Waals surface area contributed by atoms with E-state index < -0.39 is 0 Å². The van der Waals surface area contributed by atoms with E-state index in [-0.39, 0.29) is 59.8 Å². The summed E-state index contributed by atoms with van der Waals surface area (Å²) in [4.78, 5) is 0. The van der Waals surface area contributed by atoms with E-state index in [0.717, 1.165) is 6.42 Å². The Hall–Kier alpha value is 1.31. The van der Waals surface area contributed by atoms with Gasteiger partial charge in [0, 0.05) is 25.8 Å². The molecule has 0 saturated heterocycles. The summed E-state index contributed by atoms with van der Waals surface area (Å²) in [5, 5.41) is 0. The van der Waals surface area contributed by atoms with E-state index in [2.05, 4.69) is 25.2 Å². The van der Waals surface area contributed by atoms with Gasteiger partial charge in [-0.25, -0.2) is 11.6 Å². The van der Waals surface area contributed by atoms with Crippen molar-refractivity contribution >= 4 is 0 Å². The zero-order valence-electron chi connectivity index (χ0n) is 6.53. The van der Waals surface area contributed by atoms with Crippen molar-refractivity contribution in [2.45, 2.75) is 26.2 Å². The van der Waals surface area contributed by atoms with E-state index in [9.17, 15) is 0 Å². The summed E-state index contributed by atoms with van der Waals surface area (Å²) < 4.78 is 0. The Kier molecular flexibility index (Phi) is 18.7. The average molecular weight is 445 g/mol. The molecule has 11 heavy (non-hydrogen) atoms. The molecule has 0 radical (unpaired) electrons. The molecular formula is C8H11Br2Hf-3. The van der Waals surface area contributed by atoms with Crippen molar-refractivity contribution < 1.29 is 59.8 Å². The Labute approximate surface area is 109 Å². The molecule has 0 N–H and O–H groups in total. The molecule has 64 valence electrons. The van der Waals surface area contributed by atoms with Crippen LogP contribution in [0.15, 0.2) is 17.7 Å². The quantitative estimate of drug-likeness (QED) is 0.306. The van der Waals surface area contributed by atoms with Crippen molar-refractivity contribution in [2.24, 2.45) is 0 Å². The van der Waals surface area contributed by atoms with Crippen molar-refractivity contribution in [3.8, 4) is 0 Å². The normalized spacial score (nSPS) is 12.3. The average Bonchev–Trinajstić information content (AvgIpc) is 2.19. The van der Waals surface area contributed by atoms with E-state index in [1.54, 1.807) is 0 Å². The standard InChI is InChI=1S/C8H11.2BrH.Hf/c1-2-5-8-6-3-4-7-8;;;/h3,6H,2,4-5H2,1H3;2*1H;/q-1;;;/p-2. The molecule has 0 spiro atoms. The van der Waals surface area contributed by atoms with Crippen molar-refractivity contribution in [1.29, 1.82) is 0 Å². The topological polar surface area (TPSA) is 0 Å². The van der Waals surface area contributed by atoms with E-state index in [0.29, 0.717) is 0 Å². The fourth-order valence-corrected chi connectivity index (χ4v) is 0.891. The Bertz CT molecular complexity index is 130. The molecule has 0 aliphatic heterocycles. The molecular weight excluding hydrogens is 434 g/mol. The van der Waals surface area contributed by atoms with Crippen LogP contribution in [0, 0.1) is 6.08 Å². The van der Waals surface area contributed by atoms with Crippen LogP contribution in [0.5, 0.6) is 0 Å². The van der Waals surface area contributed by atoms with Crippen LogP contribution in [-0.2, 0) is 25.8 Å². The van der Waals surface area contributed by atoms with Crippen LogP contribution in [0.1, 0.15) is 26.2 Å². The minimum absolute atomic E-state index is 0. The predicted molar refractivity (Wildman–Crippen MR) is 35.4 cm³/mol. The summed E-state index contributed by atoms with van der Waals surface area (Å²) in [5.74, 6) is 0. The Balaban J connectivity index is -0.000000213. The van der Waals surface area contributed by atoms with Crippen LogP contribution in [0.2, 0.25) is 0 Å². The van der Waals surface area contributed by atoms with Crippen molar-refractivity contribution in [1.82, 2.24) is 0 Å². The maximum atomic E-state index is 3.26. The van der Waals surface area contributed by atoms with Gasteiger partial charge in [0.1, 0.15) is 0 Å². The fourth-order valence-electron chi connectivity index (χ4n) is 0.891. The van der Waals surface area contributed by atoms with Gasteiger partial charge in [-0.3, -0.25) is 6.08 Å². The molecule has 0 amide bonds. The number of hydrogen-bond acceptors (Lipinski definition) is 0. The molecule has 1 rings (SSSR count). The summed E-state index contributed by atoms with van der Waals surface area (Å²) in [5.41, 5.74) is 1.40. The molecule has 0 fully saturated rings. The summed E-state index contributed by atoms with van der Waals surface area (Å²) in [6.07, 6.45) is 11.1. The van der Waals surface area contributed by atoms with Crippen molar-refractivity contribution in [3.63, 3.8) is 0 Å². The first-order chi connectivity index (χ1) is 3.93. The molecule has 0 aromatic rings. The van der Waals surface area contributed by atoms with Gasteiger partial charge < -0.3 is 34.0 Å². The SMILES string of the molecule is CCCC1=[C-]CC=C1.[Br-].[Br-].[Hf]. The zero-order chi connectivity index (χ0) is 5.82. The van der Waals surface area contributed by atoms with Crippen LogP contribution in [0.4, 0.5) is 0 Å². The summed E-state index contributed by atoms with van der Waals surface area (Å²) >= 11 is 0. The van der Waals surface area contributed by atoms with Gasteiger partial charge in [-0.05, 0) is 0 Å². The van der Waals surface area contributed by atoms with Crippen LogP contribution in [0.25, 0.3) is 0 Å². The van der Waals surface area contributed by atoms with E-state index >= 15 is 0 Å². The first kappa shape index (κ1) is 18.2. The smallest absolute Gasteiger partial charge is 0 e. The van der Waals surface area contributed by atoms with Crippen molar-refractivity contribution in [2.75, 3.05) is 0 Å². The minimum atomic E-state index is 0. The Morgan fingerprint density at radius 3 is 2.45 bits per heavy atom. The largest absolute Gasteiger partial charge is 1.00 e. The Morgan fingerprint density at radius 2 is 2.09 bits per heavy atom. The summed E-state index contributed by atoms with van der Waals surface area (Å²) in [6, 6.07) is 0. The van der Waals surface area contributed by atoms with Gasteiger partial charge in [0.25, 0.3) is 0 Å². The Morgan fingerprint density at radius 1 is 1.45 bits per heavy atom. The third kappa shape index (κ3) is 7.66. The van der Waals surface area contributed by atoms with E-state index in [1.165, 1.54) is 18.4 Å². The van der Waals surface area contributed by atoms with E-state index in [1.807, 2.05) is 0 Å². The number of rotatable bonds is 2. The molecule has 1 aliphatic rings. The number of hydrogen-bond donors (Lipinski definition) is 0. The van der Waals surface area contributed by atoms with Gasteiger partial charge in [0.15, 0.2) is 0 Å². The number of allylic oxidation sites excluding steroid dienone is 4. The van der Waals surface area contributed by atoms with Gasteiger partial charge in [0.05, 0.1) is 0 Å². The van der Waals surface area contributed by atoms with Gasteiger partial charge in [-0.2, -0.15) is 6.08 Å². The van der Waals surface area contributed by atoms with Crippen LogP contribution < -0.4 is 34.0 Å². The van der Waals surface area contributed by atoms with Gasteiger partial charge in [0.2, 0.25) is 0 Å². The summed E-state index contributed by atoms with van der Waals surface area (Å²) in [7, 11) is 0. The monoisotopic (exact) mass is 445 g/mol. The predicted octanol–water partition coefficient (Wildman–Crippen LogP) is -3.52. The van der Waals surface area contributed by atoms with Crippen molar-refractivity contribution in [3.05, 3.63) is 23.8 Å². The fraction of sp³-hybridized carbons (Fsp3) is 0.500. The van der Waals surface area contributed by atoms with Gasteiger partial charge >= 0.3 is 0 Å². The van der Waals surface area contributed by atoms with E-state index in [4.69, 9.17) is 0 Å². The second-order valence-corrected chi connectivity index (χ2v) is 2.06. The molecule has 0 heterocycles. The molecule has 0 nitrogen and oxygen atoms in total. The van der Waals surface area contributed by atoms with Gasteiger partial charge in [-0.1, -0.05) is 19.8 Å².